The number of hydrogen-bond acceptors (Lipinski definition) is 1. The second-order valence-corrected chi connectivity index (χ2v) is 19.4. The van der Waals surface area contributed by atoms with Gasteiger partial charge >= 0.3 is 0 Å². The molecule has 4 aliphatic rings. The van der Waals surface area contributed by atoms with Crippen molar-refractivity contribution >= 4 is 28.7 Å². The highest BCUT2D eigenvalue weighted by Gasteiger charge is 2.52. The van der Waals surface area contributed by atoms with Gasteiger partial charge in [0.2, 0.25) is 0 Å². The SMILES string of the molecule is CC1(C)c2ccccc2-c2ccc(N(c3ccccc3)c3cccc4c3-c3cc(-c5cc(Cl)cc6c5-c5ccccc5C65c6ccccc6-c6ccccc65)ccc3C4(C)C)cc21. The molecule has 0 radical (unpaired) electrons. The van der Waals surface area contributed by atoms with E-state index in [9.17, 15) is 0 Å². The summed E-state index contributed by atoms with van der Waals surface area (Å²) in [5.41, 5.74) is 25.9. The van der Waals surface area contributed by atoms with Gasteiger partial charge in [0.15, 0.2) is 0 Å². The zero-order valence-corrected chi connectivity index (χ0v) is 36.6. The van der Waals surface area contributed by atoms with Gasteiger partial charge in [-0.2, -0.15) is 0 Å². The predicted octanol–water partition coefficient (Wildman–Crippen LogP) is 16.4. The van der Waals surface area contributed by atoms with Crippen LogP contribution in [-0.2, 0) is 16.2 Å². The average Bonchev–Trinajstić information content (AvgIpc) is 3.94. The third-order valence-corrected chi connectivity index (χ3v) is 15.3. The summed E-state index contributed by atoms with van der Waals surface area (Å²) in [6, 6.07) is 72.5. The minimum absolute atomic E-state index is 0.122. The normalized spacial score (nSPS) is 15.4. The van der Waals surface area contributed by atoms with E-state index in [1.54, 1.807) is 0 Å². The Morgan fingerprint density at radius 3 is 1.57 bits per heavy atom. The summed E-state index contributed by atoms with van der Waals surface area (Å²) < 4.78 is 0. The molecule has 2 heteroatoms. The molecule has 9 aromatic rings. The van der Waals surface area contributed by atoms with Crippen molar-refractivity contribution in [1.82, 2.24) is 0 Å². The maximum absolute atomic E-state index is 7.37. The van der Waals surface area contributed by atoms with E-state index in [0.717, 1.165) is 22.0 Å². The molecule has 0 aromatic heterocycles. The van der Waals surface area contributed by atoms with Gasteiger partial charge in [0.05, 0.1) is 11.1 Å². The molecule has 0 N–H and O–H groups in total. The summed E-state index contributed by atoms with van der Waals surface area (Å²) in [4.78, 5) is 2.49. The van der Waals surface area contributed by atoms with E-state index in [1.807, 2.05) is 0 Å². The topological polar surface area (TPSA) is 3.24 Å². The van der Waals surface area contributed by atoms with Gasteiger partial charge in [0, 0.05) is 32.8 Å². The fraction of sp³-hybridized carbons (Fsp3) is 0.115. The fourth-order valence-electron chi connectivity index (χ4n) is 12.4. The summed E-state index contributed by atoms with van der Waals surface area (Å²) in [5.74, 6) is 0. The van der Waals surface area contributed by atoms with Crippen molar-refractivity contribution in [2.45, 2.75) is 43.9 Å². The van der Waals surface area contributed by atoms with Gasteiger partial charge in [-0.15, -0.1) is 0 Å². The lowest BCUT2D eigenvalue weighted by Gasteiger charge is -2.30. The molecule has 0 amide bonds. The van der Waals surface area contributed by atoms with Crippen LogP contribution in [0.2, 0.25) is 5.02 Å². The van der Waals surface area contributed by atoms with Gasteiger partial charge in [-0.25, -0.2) is 0 Å². The van der Waals surface area contributed by atoms with Crippen LogP contribution in [0.1, 0.15) is 72.2 Å². The molecule has 0 heterocycles. The van der Waals surface area contributed by atoms with Crippen molar-refractivity contribution in [3.05, 3.63) is 244 Å². The molecular weight excluding hydrogens is 782 g/mol. The number of halogens is 1. The second-order valence-electron chi connectivity index (χ2n) is 18.9. The first kappa shape index (κ1) is 36.7. The van der Waals surface area contributed by atoms with Crippen LogP contribution >= 0.6 is 11.6 Å². The van der Waals surface area contributed by atoms with Crippen LogP contribution in [0.4, 0.5) is 17.1 Å². The first-order chi connectivity index (χ1) is 30.7. The second kappa shape index (κ2) is 12.8. The van der Waals surface area contributed by atoms with Gasteiger partial charge in [0.25, 0.3) is 0 Å². The highest BCUT2D eigenvalue weighted by atomic mass is 35.5. The molecule has 63 heavy (non-hydrogen) atoms. The lowest BCUT2D eigenvalue weighted by Crippen LogP contribution is -2.25. The van der Waals surface area contributed by atoms with Crippen LogP contribution in [0.15, 0.2) is 194 Å². The minimum atomic E-state index is -0.473. The Labute approximate surface area is 374 Å². The Balaban J connectivity index is 1.04. The molecule has 4 aliphatic carbocycles. The van der Waals surface area contributed by atoms with Gasteiger partial charge < -0.3 is 4.90 Å². The van der Waals surface area contributed by atoms with Crippen molar-refractivity contribution in [2.24, 2.45) is 0 Å². The van der Waals surface area contributed by atoms with Crippen LogP contribution < -0.4 is 4.90 Å². The number of anilines is 3. The largest absolute Gasteiger partial charge is 0.310 e. The van der Waals surface area contributed by atoms with Crippen molar-refractivity contribution in [3.63, 3.8) is 0 Å². The number of nitrogens with zero attached hydrogens (tertiary/aromatic N) is 1. The van der Waals surface area contributed by atoms with Gasteiger partial charge in [0.1, 0.15) is 0 Å². The van der Waals surface area contributed by atoms with Crippen molar-refractivity contribution in [3.8, 4) is 55.6 Å². The molecule has 0 fully saturated rings. The van der Waals surface area contributed by atoms with E-state index < -0.39 is 5.41 Å². The van der Waals surface area contributed by atoms with Gasteiger partial charge in [-0.05, 0) is 143 Å². The number of benzene rings is 9. The van der Waals surface area contributed by atoms with Crippen LogP contribution in [0.5, 0.6) is 0 Å². The summed E-state index contributed by atoms with van der Waals surface area (Å²) in [6.45, 7) is 9.50. The van der Waals surface area contributed by atoms with Gasteiger partial charge in [-0.3, -0.25) is 0 Å². The smallest absolute Gasteiger partial charge is 0.0726 e. The molecule has 0 saturated carbocycles. The van der Waals surface area contributed by atoms with E-state index in [-0.39, 0.29) is 10.8 Å². The Hall–Kier alpha value is -6.93. The summed E-state index contributed by atoms with van der Waals surface area (Å²) in [7, 11) is 0. The molecular formula is C61H44ClN. The third-order valence-electron chi connectivity index (χ3n) is 15.1. The first-order valence-electron chi connectivity index (χ1n) is 22.2. The molecule has 300 valence electrons. The molecule has 0 atom stereocenters. The van der Waals surface area contributed by atoms with Crippen LogP contribution in [0, 0.1) is 0 Å². The number of para-hydroxylation sites is 1. The van der Waals surface area contributed by atoms with E-state index >= 15 is 0 Å². The molecule has 1 spiro atoms. The molecule has 13 rings (SSSR count). The zero-order valence-electron chi connectivity index (χ0n) is 35.8. The molecule has 0 unspecified atom stereocenters. The third kappa shape index (κ3) is 4.73. The zero-order chi connectivity index (χ0) is 42.4. The Morgan fingerprint density at radius 1 is 0.333 bits per heavy atom. The summed E-state index contributed by atoms with van der Waals surface area (Å²) >= 11 is 7.37. The summed E-state index contributed by atoms with van der Waals surface area (Å²) in [6.07, 6.45) is 0. The maximum atomic E-state index is 7.37. The number of rotatable bonds is 4. The predicted molar refractivity (Wildman–Crippen MR) is 263 cm³/mol. The Morgan fingerprint density at radius 2 is 0.873 bits per heavy atom. The molecule has 0 bridgehead atoms. The summed E-state index contributed by atoms with van der Waals surface area (Å²) in [5, 5.41) is 0.747. The quantitative estimate of drug-likeness (QED) is 0.171. The molecule has 0 saturated heterocycles. The maximum Gasteiger partial charge on any atom is 0.0726 e. The average molecular weight is 826 g/mol. The van der Waals surface area contributed by atoms with E-state index in [1.165, 1.54) is 100 Å². The minimum Gasteiger partial charge on any atom is -0.310 e. The van der Waals surface area contributed by atoms with Crippen LogP contribution in [0.25, 0.3) is 55.6 Å². The lowest BCUT2D eigenvalue weighted by molar-refractivity contribution is 0.660. The van der Waals surface area contributed by atoms with E-state index in [0.29, 0.717) is 0 Å². The Kier molecular flexibility index (Phi) is 7.47. The number of fused-ring (bicyclic) bond motifs is 16. The highest BCUT2D eigenvalue weighted by molar-refractivity contribution is 6.31. The highest BCUT2D eigenvalue weighted by Crippen LogP contribution is 2.65. The van der Waals surface area contributed by atoms with Crippen LogP contribution in [0.3, 0.4) is 0 Å². The molecule has 0 aliphatic heterocycles. The first-order valence-corrected chi connectivity index (χ1v) is 22.6. The Bertz CT molecular complexity index is 3380. The monoisotopic (exact) mass is 825 g/mol. The fourth-order valence-corrected chi connectivity index (χ4v) is 12.6. The standard InChI is InChI=1S/C61H44ClN/c1-59(2)49-32-29-37(46-34-38(62)35-55-57(46)45-22-11-15-26-52(45)61(55)50-24-13-9-20-42(50)43-21-10-14-25-51(43)61)33-47(49)58-53(59)27-16-28-56(58)63(39-17-6-5-7-18-39)40-30-31-44-41-19-8-12-23-48(41)60(3,4)54(44)36-40/h5-36H,1-4H3. The van der Waals surface area contributed by atoms with Crippen molar-refractivity contribution in [1.29, 1.82) is 0 Å². The number of hydrogen-bond donors (Lipinski definition) is 0. The van der Waals surface area contributed by atoms with Crippen molar-refractivity contribution < 1.29 is 0 Å². The van der Waals surface area contributed by atoms with Crippen LogP contribution in [-0.4, -0.2) is 0 Å². The van der Waals surface area contributed by atoms with E-state index in [4.69, 9.17) is 11.6 Å². The van der Waals surface area contributed by atoms with Crippen molar-refractivity contribution in [2.75, 3.05) is 4.90 Å². The lowest BCUT2D eigenvalue weighted by atomic mass is 9.70. The molecule has 9 aromatic carbocycles. The van der Waals surface area contributed by atoms with Gasteiger partial charge in [-0.1, -0.05) is 185 Å². The van der Waals surface area contributed by atoms with E-state index in [2.05, 4.69) is 227 Å². The molecule has 1 nitrogen and oxygen atoms in total.